The molecule has 2 aliphatic rings. The van der Waals surface area contributed by atoms with E-state index in [4.69, 9.17) is 0 Å². The summed E-state index contributed by atoms with van der Waals surface area (Å²) in [4.78, 5) is 0. The Hall–Kier alpha value is -0.0400. The molecule has 1 heterocycles. The molecule has 1 nitrogen and oxygen atoms in total. The van der Waals surface area contributed by atoms with Crippen LogP contribution in [0.4, 0.5) is 0 Å². The van der Waals surface area contributed by atoms with Gasteiger partial charge in [0.2, 0.25) is 0 Å². The highest BCUT2D eigenvalue weighted by Gasteiger charge is 2.40. The molecule has 1 saturated heterocycles. The number of hydrogen-bond acceptors (Lipinski definition) is 1. The monoisotopic (exact) mass is 125 g/mol. The average Bonchev–Trinajstić information content (AvgIpc) is 2.07. The lowest BCUT2D eigenvalue weighted by Gasteiger charge is -2.32. The molecule has 1 aliphatic carbocycles. The van der Waals surface area contributed by atoms with Gasteiger partial charge in [0.15, 0.2) is 0 Å². The first kappa shape index (κ1) is 5.72. The van der Waals surface area contributed by atoms with Crippen LogP contribution in [-0.2, 0) is 0 Å². The maximum atomic E-state index is 3.56. The second-order valence-corrected chi connectivity index (χ2v) is 3.42. The highest BCUT2D eigenvalue weighted by Crippen LogP contribution is 2.39. The zero-order valence-corrected chi connectivity index (χ0v) is 6.06. The Morgan fingerprint density at radius 2 is 2.33 bits per heavy atom. The summed E-state index contributed by atoms with van der Waals surface area (Å²) in [6.07, 6.45) is 4.32. The summed E-state index contributed by atoms with van der Waals surface area (Å²) in [5, 5.41) is 3.56. The van der Waals surface area contributed by atoms with E-state index >= 15 is 0 Å². The van der Waals surface area contributed by atoms with Crippen LogP contribution in [0, 0.1) is 11.8 Å². The second-order valence-electron chi connectivity index (χ2n) is 3.42. The molecule has 0 aromatic carbocycles. The molecule has 1 saturated carbocycles. The summed E-state index contributed by atoms with van der Waals surface area (Å²) >= 11 is 0. The smallest absolute Gasteiger partial charge is 0.00986 e. The van der Waals surface area contributed by atoms with Crippen molar-refractivity contribution in [3.05, 3.63) is 0 Å². The molecule has 0 aromatic heterocycles. The van der Waals surface area contributed by atoms with Crippen molar-refractivity contribution in [3.63, 3.8) is 0 Å². The van der Waals surface area contributed by atoms with Gasteiger partial charge in [0.1, 0.15) is 0 Å². The largest absolute Gasteiger partial charge is 0.313 e. The third kappa shape index (κ3) is 0.710. The highest BCUT2D eigenvalue weighted by atomic mass is 15.0. The Bertz CT molecular complexity index is 109. The number of rotatable bonds is 1. The summed E-state index contributed by atoms with van der Waals surface area (Å²) in [6, 6.07) is 0.926. The van der Waals surface area contributed by atoms with Gasteiger partial charge in [-0.25, -0.2) is 0 Å². The molecule has 1 N–H and O–H groups in total. The molecule has 0 bridgehead atoms. The van der Waals surface area contributed by atoms with Crippen LogP contribution in [0.2, 0.25) is 0 Å². The number of fused-ring (bicyclic) bond motifs is 1. The van der Waals surface area contributed by atoms with Crippen molar-refractivity contribution in [3.8, 4) is 0 Å². The van der Waals surface area contributed by atoms with E-state index in [0.29, 0.717) is 0 Å². The molecule has 3 unspecified atom stereocenters. The Labute approximate surface area is 56.8 Å². The molecular formula is C8H15N. The van der Waals surface area contributed by atoms with Crippen LogP contribution in [-0.4, -0.2) is 12.6 Å². The maximum absolute atomic E-state index is 3.56. The predicted octanol–water partition coefficient (Wildman–Crippen LogP) is 1.39. The standard InChI is InChI=1S/C8H15N/c1-2-6-5-9-8-4-3-7(6)8/h6-9H,2-5H2,1H3. The first-order valence-corrected chi connectivity index (χ1v) is 4.15. The van der Waals surface area contributed by atoms with Crippen molar-refractivity contribution in [2.45, 2.75) is 32.2 Å². The lowest BCUT2D eigenvalue weighted by molar-refractivity contribution is 0.221. The van der Waals surface area contributed by atoms with Crippen LogP contribution >= 0.6 is 0 Å². The third-order valence-corrected chi connectivity index (χ3v) is 3.10. The average molecular weight is 125 g/mol. The van der Waals surface area contributed by atoms with E-state index in [1.54, 1.807) is 0 Å². The Morgan fingerprint density at radius 3 is 2.67 bits per heavy atom. The number of nitrogens with one attached hydrogen (secondary N) is 1. The summed E-state index contributed by atoms with van der Waals surface area (Å²) in [5.74, 6) is 2.08. The molecular weight excluding hydrogens is 110 g/mol. The van der Waals surface area contributed by atoms with Gasteiger partial charge in [-0.05, 0) is 31.2 Å². The minimum absolute atomic E-state index is 0.926. The molecule has 52 valence electrons. The molecule has 1 heteroatoms. The van der Waals surface area contributed by atoms with Gasteiger partial charge in [0, 0.05) is 6.04 Å². The molecule has 0 spiro atoms. The first-order chi connectivity index (χ1) is 4.42. The molecule has 9 heavy (non-hydrogen) atoms. The van der Waals surface area contributed by atoms with E-state index in [2.05, 4.69) is 12.2 Å². The highest BCUT2D eigenvalue weighted by molar-refractivity contribution is 4.96. The van der Waals surface area contributed by atoms with E-state index in [9.17, 15) is 0 Å². The van der Waals surface area contributed by atoms with Crippen LogP contribution in [0.15, 0.2) is 0 Å². The molecule has 3 atom stereocenters. The second kappa shape index (κ2) is 1.98. The Balaban J connectivity index is 1.97. The SMILES string of the molecule is CCC1CNC2CCC12. The zero-order chi connectivity index (χ0) is 6.27. The molecule has 2 rings (SSSR count). The Morgan fingerprint density at radius 1 is 1.44 bits per heavy atom. The minimum Gasteiger partial charge on any atom is -0.313 e. The fourth-order valence-corrected chi connectivity index (χ4v) is 2.24. The lowest BCUT2D eigenvalue weighted by Crippen LogP contribution is -2.36. The van der Waals surface area contributed by atoms with Crippen LogP contribution in [0.5, 0.6) is 0 Å². The fraction of sp³-hybridized carbons (Fsp3) is 1.00. The third-order valence-electron chi connectivity index (χ3n) is 3.10. The summed E-state index contributed by atoms with van der Waals surface area (Å²) in [5.41, 5.74) is 0. The van der Waals surface area contributed by atoms with Gasteiger partial charge in [-0.3, -0.25) is 0 Å². The maximum Gasteiger partial charge on any atom is 0.00986 e. The van der Waals surface area contributed by atoms with Gasteiger partial charge >= 0.3 is 0 Å². The summed E-state index contributed by atoms with van der Waals surface area (Å²) in [6.45, 7) is 3.61. The minimum atomic E-state index is 0.926. The Kier molecular flexibility index (Phi) is 1.26. The van der Waals surface area contributed by atoms with Crippen LogP contribution in [0.25, 0.3) is 0 Å². The topological polar surface area (TPSA) is 12.0 Å². The van der Waals surface area contributed by atoms with Gasteiger partial charge in [0.25, 0.3) is 0 Å². The van der Waals surface area contributed by atoms with Gasteiger partial charge < -0.3 is 5.32 Å². The van der Waals surface area contributed by atoms with E-state index < -0.39 is 0 Å². The lowest BCUT2D eigenvalue weighted by atomic mass is 9.74. The van der Waals surface area contributed by atoms with Crippen LogP contribution in [0.1, 0.15) is 26.2 Å². The van der Waals surface area contributed by atoms with E-state index in [1.807, 2.05) is 0 Å². The van der Waals surface area contributed by atoms with Gasteiger partial charge in [0.05, 0.1) is 0 Å². The van der Waals surface area contributed by atoms with E-state index in [1.165, 1.54) is 25.8 Å². The zero-order valence-electron chi connectivity index (χ0n) is 6.06. The van der Waals surface area contributed by atoms with Crippen molar-refractivity contribution in [1.29, 1.82) is 0 Å². The first-order valence-electron chi connectivity index (χ1n) is 4.15. The van der Waals surface area contributed by atoms with Crippen molar-refractivity contribution in [2.75, 3.05) is 6.54 Å². The molecule has 1 aliphatic heterocycles. The van der Waals surface area contributed by atoms with Gasteiger partial charge in [-0.15, -0.1) is 0 Å². The molecule has 2 fully saturated rings. The van der Waals surface area contributed by atoms with Crippen molar-refractivity contribution < 1.29 is 0 Å². The summed E-state index contributed by atoms with van der Waals surface area (Å²) in [7, 11) is 0. The summed E-state index contributed by atoms with van der Waals surface area (Å²) < 4.78 is 0. The molecule has 0 radical (unpaired) electrons. The van der Waals surface area contributed by atoms with E-state index in [-0.39, 0.29) is 0 Å². The van der Waals surface area contributed by atoms with Crippen LogP contribution < -0.4 is 5.32 Å². The van der Waals surface area contributed by atoms with Gasteiger partial charge in [-0.2, -0.15) is 0 Å². The number of hydrogen-bond donors (Lipinski definition) is 1. The predicted molar refractivity (Wildman–Crippen MR) is 38.3 cm³/mol. The molecule has 0 amide bonds. The van der Waals surface area contributed by atoms with Crippen molar-refractivity contribution in [1.82, 2.24) is 5.32 Å². The normalized spacial score (nSPS) is 48.3. The quantitative estimate of drug-likeness (QED) is 0.558. The van der Waals surface area contributed by atoms with E-state index in [0.717, 1.165) is 17.9 Å². The van der Waals surface area contributed by atoms with Crippen LogP contribution in [0.3, 0.4) is 0 Å². The van der Waals surface area contributed by atoms with Crippen molar-refractivity contribution >= 4 is 0 Å². The molecule has 0 aromatic rings. The fourth-order valence-electron chi connectivity index (χ4n) is 2.24. The van der Waals surface area contributed by atoms with Crippen molar-refractivity contribution in [2.24, 2.45) is 11.8 Å². The van der Waals surface area contributed by atoms with Gasteiger partial charge in [-0.1, -0.05) is 13.3 Å².